The lowest BCUT2D eigenvalue weighted by molar-refractivity contribution is 0.0627. The summed E-state index contributed by atoms with van der Waals surface area (Å²) in [6, 6.07) is 7.97. The van der Waals surface area contributed by atoms with Gasteiger partial charge in [-0.2, -0.15) is 0 Å². The van der Waals surface area contributed by atoms with Gasteiger partial charge in [-0.3, -0.25) is 9.59 Å². The Labute approximate surface area is 140 Å². The zero-order valence-electron chi connectivity index (χ0n) is 13.7. The summed E-state index contributed by atoms with van der Waals surface area (Å²) >= 11 is 0. The Morgan fingerprint density at radius 2 is 2.17 bits per heavy atom. The molecule has 3 rings (SSSR count). The predicted molar refractivity (Wildman–Crippen MR) is 90.2 cm³/mol. The van der Waals surface area contributed by atoms with Gasteiger partial charge in [-0.1, -0.05) is 17.7 Å². The molecule has 1 amide bonds. The van der Waals surface area contributed by atoms with Crippen molar-refractivity contribution >= 4 is 5.91 Å². The Morgan fingerprint density at radius 3 is 2.88 bits per heavy atom. The van der Waals surface area contributed by atoms with E-state index in [1.807, 2.05) is 31.2 Å². The topological polar surface area (TPSA) is 75.3 Å². The number of hydrogen-bond acceptors (Lipinski definition) is 4. The maximum absolute atomic E-state index is 12.5. The standard InChI is InChI=1S/C18H21N3O3/c1-13-4-6-15(7-5-13)24-12-14-3-2-8-21(11-14)18(23)16-9-20-17(22)10-19-16/h4-7,9-10,14H,2-3,8,11-12H2,1H3,(H,20,22)/t14-/m0/s1. The molecule has 1 saturated heterocycles. The smallest absolute Gasteiger partial charge is 0.273 e. The van der Waals surface area contributed by atoms with E-state index in [9.17, 15) is 9.59 Å². The van der Waals surface area contributed by atoms with Crippen molar-refractivity contribution in [3.05, 3.63) is 58.3 Å². The Morgan fingerprint density at radius 1 is 1.38 bits per heavy atom. The van der Waals surface area contributed by atoms with Gasteiger partial charge in [0.2, 0.25) is 0 Å². The van der Waals surface area contributed by atoms with Crippen LogP contribution >= 0.6 is 0 Å². The quantitative estimate of drug-likeness (QED) is 0.932. The Bertz CT molecular complexity index is 734. The van der Waals surface area contributed by atoms with E-state index in [2.05, 4.69) is 9.97 Å². The lowest BCUT2D eigenvalue weighted by Crippen LogP contribution is -2.42. The van der Waals surface area contributed by atoms with E-state index in [0.717, 1.165) is 24.8 Å². The van der Waals surface area contributed by atoms with Crippen LogP contribution in [0.2, 0.25) is 0 Å². The van der Waals surface area contributed by atoms with Gasteiger partial charge in [0.1, 0.15) is 11.4 Å². The molecule has 2 aromatic rings. The van der Waals surface area contributed by atoms with E-state index < -0.39 is 0 Å². The zero-order valence-corrected chi connectivity index (χ0v) is 13.7. The summed E-state index contributed by atoms with van der Waals surface area (Å²) in [4.78, 5) is 31.7. The number of nitrogens with one attached hydrogen (secondary N) is 1. The normalized spacial score (nSPS) is 17.5. The first kappa shape index (κ1) is 16.2. The van der Waals surface area contributed by atoms with Crippen molar-refractivity contribution < 1.29 is 9.53 Å². The highest BCUT2D eigenvalue weighted by atomic mass is 16.5. The van der Waals surface area contributed by atoms with Gasteiger partial charge in [0.15, 0.2) is 0 Å². The number of ether oxygens (including phenoxy) is 1. The second kappa shape index (κ2) is 7.29. The fourth-order valence-corrected chi connectivity index (χ4v) is 2.86. The summed E-state index contributed by atoms with van der Waals surface area (Å²) in [7, 11) is 0. The summed E-state index contributed by atoms with van der Waals surface area (Å²) in [5.74, 6) is 1.00. The number of aromatic amines is 1. The minimum absolute atomic E-state index is 0.147. The number of hydrogen-bond donors (Lipinski definition) is 1. The van der Waals surface area contributed by atoms with Gasteiger partial charge in [-0.15, -0.1) is 0 Å². The van der Waals surface area contributed by atoms with Gasteiger partial charge in [-0.05, 0) is 31.9 Å². The molecule has 2 heterocycles. The molecule has 1 aromatic carbocycles. The van der Waals surface area contributed by atoms with Gasteiger partial charge in [0, 0.05) is 25.2 Å². The number of likely N-dealkylation sites (tertiary alicyclic amines) is 1. The molecule has 0 saturated carbocycles. The number of aryl methyl sites for hydroxylation is 1. The van der Waals surface area contributed by atoms with Crippen molar-refractivity contribution in [3.63, 3.8) is 0 Å². The molecule has 6 nitrogen and oxygen atoms in total. The van der Waals surface area contributed by atoms with Gasteiger partial charge in [0.05, 0.1) is 12.8 Å². The van der Waals surface area contributed by atoms with E-state index in [1.54, 1.807) is 4.90 Å². The molecule has 0 unspecified atom stereocenters. The molecule has 1 aromatic heterocycles. The van der Waals surface area contributed by atoms with Crippen LogP contribution in [0.15, 0.2) is 41.5 Å². The molecule has 0 spiro atoms. The number of aromatic nitrogens is 2. The molecule has 1 aliphatic heterocycles. The third kappa shape index (κ3) is 4.01. The lowest BCUT2D eigenvalue weighted by atomic mass is 9.98. The molecule has 1 atom stereocenters. The third-order valence-electron chi connectivity index (χ3n) is 4.20. The third-order valence-corrected chi connectivity index (χ3v) is 4.20. The molecular weight excluding hydrogens is 306 g/mol. The first-order chi connectivity index (χ1) is 11.6. The number of H-pyrrole nitrogens is 1. The van der Waals surface area contributed by atoms with Crippen LogP contribution < -0.4 is 10.3 Å². The monoisotopic (exact) mass is 327 g/mol. The van der Waals surface area contributed by atoms with Crippen molar-refractivity contribution in [1.29, 1.82) is 0 Å². The van der Waals surface area contributed by atoms with E-state index >= 15 is 0 Å². The zero-order chi connectivity index (χ0) is 16.9. The molecule has 1 fully saturated rings. The predicted octanol–water partition coefficient (Wildman–Crippen LogP) is 2.01. The van der Waals surface area contributed by atoms with Crippen molar-refractivity contribution in [2.45, 2.75) is 19.8 Å². The molecular formula is C18H21N3O3. The highest BCUT2D eigenvalue weighted by Crippen LogP contribution is 2.20. The molecule has 1 aliphatic rings. The second-order valence-corrected chi connectivity index (χ2v) is 6.18. The van der Waals surface area contributed by atoms with Crippen LogP contribution in [0.3, 0.4) is 0 Å². The van der Waals surface area contributed by atoms with Crippen LogP contribution in [0.25, 0.3) is 0 Å². The van der Waals surface area contributed by atoms with Crippen LogP contribution in [-0.4, -0.2) is 40.5 Å². The lowest BCUT2D eigenvalue weighted by Gasteiger charge is -2.32. The number of piperidine rings is 1. The van der Waals surface area contributed by atoms with Crippen molar-refractivity contribution in [3.8, 4) is 5.75 Å². The van der Waals surface area contributed by atoms with Crippen LogP contribution in [0.4, 0.5) is 0 Å². The molecule has 0 aliphatic carbocycles. The minimum Gasteiger partial charge on any atom is -0.493 e. The summed E-state index contributed by atoms with van der Waals surface area (Å²) in [6.07, 6.45) is 4.48. The van der Waals surface area contributed by atoms with Crippen LogP contribution in [0, 0.1) is 12.8 Å². The first-order valence-corrected chi connectivity index (χ1v) is 8.15. The number of rotatable bonds is 4. The van der Waals surface area contributed by atoms with E-state index in [0.29, 0.717) is 25.6 Å². The van der Waals surface area contributed by atoms with Gasteiger partial charge < -0.3 is 14.6 Å². The summed E-state index contributed by atoms with van der Waals surface area (Å²) in [5, 5.41) is 0. The number of benzene rings is 1. The number of carbonyl (C=O) groups is 1. The molecule has 126 valence electrons. The SMILES string of the molecule is Cc1ccc(OC[C@H]2CCCN(C(=O)c3c[nH]c(=O)cn3)C2)cc1. The molecule has 24 heavy (non-hydrogen) atoms. The van der Waals surface area contributed by atoms with E-state index in [-0.39, 0.29) is 17.2 Å². The second-order valence-electron chi connectivity index (χ2n) is 6.18. The fraction of sp³-hybridized carbons (Fsp3) is 0.389. The van der Waals surface area contributed by atoms with Crippen LogP contribution in [0.1, 0.15) is 28.9 Å². The fourth-order valence-electron chi connectivity index (χ4n) is 2.86. The highest BCUT2D eigenvalue weighted by molar-refractivity contribution is 5.92. The van der Waals surface area contributed by atoms with Crippen LogP contribution in [0.5, 0.6) is 5.75 Å². The van der Waals surface area contributed by atoms with E-state index in [4.69, 9.17) is 4.74 Å². The molecule has 1 N–H and O–H groups in total. The summed E-state index contributed by atoms with van der Waals surface area (Å²) < 4.78 is 5.85. The molecule has 0 bridgehead atoms. The summed E-state index contributed by atoms with van der Waals surface area (Å²) in [5.41, 5.74) is 1.16. The van der Waals surface area contributed by atoms with Crippen molar-refractivity contribution in [1.82, 2.24) is 14.9 Å². The maximum atomic E-state index is 12.5. The molecule has 0 radical (unpaired) electrons. The summed E-state index contributed by atoms with van der Waals surface area (Å²) in [6.45, 7) is 3.98. The Balaban J connectivity index is 1.57. The Kier molecular flexibility index (Phi) is 4.93. The first-order valence-electron chi connectivity index (χ1n) is 8.15. The number of nitrogens with zero attached hydrogens (tertiary/aromatic N) is 2. The number of carbonyl (C=O) groups excluding carboxylic acids is 1. The largest absolute Gasteiger partial charge is 0.493 e. The highest BCUT2D eigenvalue weighted by Gasteiger charge is 2.25. The molecule has 6 heteroatoms. The minimum atomic E-state index is -0.311. The average molecular weight is 327 g/mol. The van der Waals surface area contributed by atoms with Gasteiger partial charge >= 0.3 is 0 Å². The Hall–Kier alpha value is -2.63. The van der Waals surface area contributed by atoms with Crippen LogP contribution in [-0.2, 0) is 0 Å². The average Bonchev–Trinajstić information content (AvgIpc) is 2.61. The number of amides is 1. The van der Waals surface area contributed by atoms with Crippen molar-refractivity contribution in [2.75, 3.05) is 19.7 Å². The van der Waals surface area contributed by atoms with Gasteiger partial charge in [0.25, 0.3) is 11.5 Å². The van der Waals surface area contributed by atoms with Crippen molar-refractivity contribution in [2.24, 2.45) is 5.92 Å². The van der Waals surface area contributed by atoms with Gasteiger partial charge in [-0.25, -0.2) is 4.98 Å². The maximum Gasteiger partial charge on any atom is 0.273 e. The van der Waals surface area contributed by atoms with E-state index in [1.165, 1.54) is 11.8 Å².